The number of carbonyl (C=O) groups is 2. The lowest BCUT2D eigenvalue weighted by Gasteiger charge is -2.13. The molecule has 0 spiro atoms. The van der Waals surface area contributed by atoms with E-state index in [4.69, 9.17) is 0 Å². The van der Waals surface area contributed by atoms with E-state index in [-0.39, 0.29) is 11.7 Å². The number of rotatable bonds is 9. The van der Waals surface area contributed by atoms with E-state index >= 15 is 0 Å². The van der Waals surface area contributed by atoms with Crippen LogP contribution in [0.4, 0.5) is 5.82 Å². The third-order valence-corrected chi connectivity index (χ3v) is 6.15. The summed E-state index contributed by atoms with van der Waals surface area (Å²) in [6, 6.07) is 7.05. The van der Waals surface area contributed by atoms with Crippen LogP contribution in [0.3, 0.4) is 0 Å². The first kappa shape index (κ1) is 19.1. The van der Waals surface area contributed by atoms with Gasteiger partial charge >= 0.3 is 0 Å². The summed E-state index contributed by atoms with van der Waals surface area (Å²) >= 11 is 3.37. The van der Waals surface area contributed by atoms with Gasteiger partial charge in [0, 0.05) is 30.8 Å². The first-order valence-corrected chi connectivity index (χ1v) is 10.9. The molecular weight excluding hydrogens is 366 g/mol. The number of thioether (sulfide) groups is 1. The second kappa shape index (κ2) is 9.85. The molecule has 2 aromatic rings. The number of unbranched alkanes of at least 4 members (excludes halogenated alkanes) is 2. The highest BCUT2D eigenvalue weighted by Gasteiger charge is 2.17. The molecule has 1 aliphatic rings. The standard InChI is InChI=1S/C19H23N3O2S2/c23-17(8-2-1-3-10-22-11-13-25-14-22)21-19-15(6-4-9-20-19)18(24)16-7-5-12-26-16/h4-7,9,12H,1-3,8,10-11,13-14H2,(H,20,21,23). The number of hydrogen-bond acceptors (Lipinski definition) is 6. The summed E-state index contributed by atoms with van der Waals surface area (Å²) in [4.78, 5) is 32.1. The molecule has 7 heteroatoms. The zero-order valence-electron chi connectivity index (χ0n) is 14.6. The smallest absolute Gasteiger partial charge is 0.225 e. The van der Waals surface area contributed by atoms with Crippen LogP contribution in [0.1, 0.15) is 40.9 Å². The van der Waals surface area contributed by atoms with Crippen molar-refractivity contribution in [1.29, 1.82) is 0 Å². The molecule has 0 unspecified atom stereocenters. The minimum atomic E-state index is -0.105. The van der Waals surface area contributed by atoms with Crippen LogP contribution in [0.5, 0.6) is 0 Å². The zero-order valence-corrected chi connectivity index (χ0v) is 16.3. The second-order valence-electron chi connectivity index (χ2n) is 6.22. The summed E-state index contributed by atoms with van der Waals surface area (Å²) < 4.78 is 0. The topological polar surface area (TPSA) is 62.3 Å². The fourth-order valence-corrected chi connectivity index (χ4v) is 4.56. The third kappa shape index (κ3) is 5.40. The molecule has 26 heavy (non-hydrogen) atoms. The van der Waals surface area contributed by atoms with Gasteiger partial charge in [-0.1, -0.05) is 12.5 Å². The Bertz CT molecular complexity index is 728. The third-order valence-electron chi connectivity index (χ3n) is 4.26. The van der Waals surface area contributed by atoms with Crippen LogP contribution in [-0.4, -0.2) is 46.3 Å². The van der Waals surface area contributed by atoms with Gasteiger partial charge in [-0.2, -0.15) is 0 Å². The Morgan fingerprint density at radius 3 is 2.88 bits per heavy atom. The normalized spacial score (nSPS) is 14.5. The van der Waals surface area contributed by atoms with Gasteiger partial charge in [-0.3, -0.25) is 14.5 Å². The molecule has 3 heterocycles. The highest BCUT2D eigenvalue weighted by atomic mass is 32.2. The Balaban J connectivity index is 1.46. The van der Waals surface area contributed by atoms with Gasteiger partial charge in [0.05, 0.1) is 10.4 Å². The summed E-state index contributed by atoms with van der Waals surface area (Å²) in [5.74, 6) is 2.54. The summed E-state index contributed by atoms with van der Waals surface area (Å²) in [5, 5.41) is 4.67. The Hall–Kier alpha value is -1.70. The molecular formula is C19H23N3O2S2. The second-order valence-corrected chi connectivity index (χ2v) is 8.24. The van der Waals surface area contributed by atoms with Gasteiger partial charge in [-0.15, -0.1) is 23.1 Å². The van der Waals surface area contributed by atoms with Gasteiger partial charge in [0.1, 0.15) is 5.82 Å². The average Bonchev–Trinajstić information content (AvgIpc) is 3.35. The number of thiophene rings is 1. The molecule has 1 fully saturated rings. The minimum absolute atomic E-state index is 0.0827. The number of amides is 1. The maximum atomic E-state index is 12.5. The monoisotopic (exact) mass is 389 g/mol. The molecule has 1 amide bonds. The molecule has 0 bridgehead atoms. The van der Waals surface area contributed by atoms with Crippen LogP contribution < -0.4 is 5.32 Å². The number of nitrogens with one attached hydrogen (secondary N) is 1. The Kier molecular flexibility index (Phi) is 7.22. The fraction of sp³-hybridized carbons (Fsp3) is 0.421. The molecule has 138 valence electrons. The van der Waals surface area contributed by atoms with Crippen LogP contribution in [0, 0.1) is 0 Å². The van der Waals surface area contributed by atoms with E-state index in [0.717, 1.165) is 31.7 Å². The van der Waals surface area contributed by atoms with E-state index in [9.17, 15) is 9.59 Å². The molecule has 0 radical (unpaired) electrons. The number of nitrogens with zero attached hydrogens (tertiary/aromatic N) is 2. The Labute approximate surface area is 162 Å². The summed E-state index contributed by atoms with van der Waals surface area (Å²) in [7, 11) is 0. The van der Waals surface area contributed by atoms with E-state index in [1.807, 2.05) is 23.2 Å². The van der Waals surface area contributed by atoms with Gasteiger partial charge < -0.3 is 5.32 Å². The van der Waals surface area contributed by atoms with Crippen LogP contribution in [-0.2, 0) is 4.79 Å². The summed E-state index contributed by atoms with van der Waals surface area (Å²) in [6.45, 7) is 2.31. The maximum absolute atomic E-state index is 12.5. The molecule has 2 aromatic heterocycles. The first-order chi connectivity index (χ1) is 12.7. The highest BCUT2D eigenvalue weighted by Crippen LogP contribution is 2.20. The van der Waals surface area contributed by atoms with E-state index in [2.05, 4.69) is 15.2 Å². The molecule has 0 aliphatic carbocycles. The van der Waals surface area contributed by atoms with Crippen molar-refractivity contribution in [2.75, 3.05) is 30.0 Å². The quantitative estimate of drug-likeness (QED) is 0.521. The Morgan fingerprint density at radius 2 is 2.12 bits per heavy atom. The number of aromatic nitrogens is 1. The van der Waals surface area contributed by atoms with E-state index < -0.39 is 0 Å². The maximum Gasteiger partial charge on any atom is 0.225 e. The highest BCUT2D eigenvalue weighted by molar-refractivity contribution is 7.99. The lowest BCUT2D eigenvalue weighted by atomic mass is 10.1. The van der Waals surface area contributed by atoms with Gasteiger partial charge in [0.25, 0.3) is 0 Å². The molecule has 1 N–H and O–H groups in total. The van der Waals surface area contributed by atoms with Gasteiger partial charge in [0.2, 0.25) is 11.7 Å². The van der Waals surface area contributed by atoms with Crippen molar-refractivity contribution >= 4 is 40.6 Å². The van der Waals surface area contributed by atoms with Crippen molar-refractivity contribution in [2.45, 2.75) is 25.7 Å². The van der Waals surface area contributed by atoms with Crippen molar-refractivity contribution in [3.05, 3.63) is 46.3 Å². The lowest BCUT2D eigenvalue weighted by molar-refractivity contribution is -0.116. The average molecular weight is 390 g/mol. The van der Waals surface area contributed by atoms with E-state index in [0.29, 0.717) is 22.7 Å². The number of carbonyl (C=O) groups excluding carboxylic acids is 2. The molecule has 0 atom stereocenters. The lowest BCUT2D eigenvalue weighted by Crippen LogP contribution is -2.20. The van der Waals surface area contributed by atoms with Crippen LogP contribution >= 0.6 is 23.1 Å². The van der Waals surface area contributed by atoms with Crippen molar-refractivity contribution < 1.29 is 9.59 Å². The van der Waals surface area contributed by atoms with Gasteiger partial charge in [0.15, 0.2) is 0 Å². The zero-order chi connectivity index (χ0) is 18.2. The largest absolute Gasteiger partial charge is 0.310 e. The SMILES string of the molecule is O=C(CCCCCN1CCSC1)Nc1ncccc1C(=O)c1cccs1. The van der Waals surface area contributed by atoms with Gasteiger partial charge in [-0.05, 0) is 43.0 Å². The van der Waals surface area contributed by atoms with E-state index in [1.165, 1.54) is 23.6 Å². The number of pyridine rings is 1. The van der Waals surface area contributed by atoms with Crippen molar-refractivity contribution in [1.82, 2.24) is 9.88 Å². The van der Waals surface area contributed by atoms with Gasteiger partial charge in [-0.25, -0.2) is 4.98 Å². The molecule has 3 rings (SSSR count). The summed E-state index contributed by atoms with van der Waals surface area (Å²) in [6.07, 6.45) is 5.07. The Morgan fingerprint density at radius 1 is 1.19 bits per heavy atom. The van der Waals surface area contributed by atoms with E-state index in [1.54, 1.807) is 24.4 Å². The predicted octanol–water partition coefficient (Wildman–Crippen LogP) is 3.88. The molecule has 1 saturated heterocycles. The molecule has 5 nitrogen and oxygen atoms in total. The molecule has 0 saturated carbocycles. The predicted molar refractivity (Wildman–Crippen MR) is 108 cm³/mol. The van der Waals surface area contributed by atoms with Crippen molar-refractivity contribution in [2.24, 2.45) is 0 Å². The summed E-state index contributed by atoms with van der Waals surface area (Å²) in [5.41, 5.74) is 0.440. The number of ketones is 1. The fourth-order valence-electron chi connectivity index (χ4n) is 2.85. The number of hydrogen-bond donors (Lipinski definition) is 1. The molecule has 1 aliphatic heterocycles. The number of anilines is 1. The van der Waals surface area contributed by atoms with Crippen molar-refractivity contribution in [3.63, 3.8) is 0 Å². The van der Waals surface area contributed by atoms with Crippen LogP contribution in [0.2, 0.25) is 0 Å². The molecule has 0 aromatic carbocycles. The van der Waals surface area contributed by atoms with Crippen LogP contribution in [0.25, 0.3) is 0 Å². The van der Waals surface area contributed by atoms with Crippen molar-refractivity contribution in [3.8, 4) is 0 Å². The van der Waals surface area contributed by atoms with Crippen LogP contribution in [0.15, 0.2) is 35.8 Å². The first-order valence-electron chi connectivity index (χ1n) is 8.87. The minimum Gasteiger partial charge on any atom is -0.310 e.